The molecule has 138 valence electrons. The third kappa shape index (κ3) is 4.42. The summed E-state index contributed by atoms with van der Waals surface area (Å²) < 4.78 is 0. The van der Waals surface area contributed by atoms with Crippen LogP contribution in [0.3, 0.4) is 0 Å². The molecule has 0 aliphatic carbocycles. The van der Waals surface area contributed by atoms with E-state index in [1.54, 1.807) is 11.5 Å². The molecule has 2 amide bonds. The molecule has 0 bridgehead atoms. The highest BCUT2D eigenvalue weighted by Crippen LogP contribution is 2.23. The van der Waals surface area contributed by atoms with Crippen molar-refractivity contribution < 1.29 is 14.8 Å². The standard InChI is InChI=1S/C21H20N2O3S/c1-13-4-3-5-17(12-13)16-8-6-15(7-9-16)14(2)22-20(24)18-10-11-19(27-18)21(25)23-26/h3-12,14,26H,1-2H3,(H,22,24)(H,23,25)/t14-/m1/s1. The highest BCUT2D eigenvalue weighted by atomic mass is 32.1. The van der Waals surface area contributed by atoms with Gasteiger partial charge in [0.2, 0.25) is 0 Å². The van der Waals surface area contributed by atoms with Gasteiger partial charge in [-0.3, -0.25) is 14.8 Å². The second kappa shape index (κ2) is 8.16. The number of amides is 2. The number of benzene rings is 2. The van der Waals surface area contributed by atoms with E-state index in [9.17, 15) is 9.59 Å². The summed E-state index contributed by atoms with van der Waals surface area (Å²) in [7, 11) is 0. The minimum atomic E-state index is -0.626. The number of thiophene rings is 1. The van der Waals surface area contributed by atoms with Crippen LogP contribution in [0.15, 0.2) is 60.7 Å². The number of nitrogens with one attached hydrogen (secondary N) is 2. The quantitative estimate of drug-likeness (QED) is 0.455. The lowest BCUT2D eigenvalue weighted by Gasteiger charge is -2.14. The Bertz CT molecular complexity index is 964. The summed E-state index contributed by atoms with van der Waals surface area (Å²) in [4.78, 5) is 24.5. The number of aryl methyl sites for hydroxylation is 1. The van der Waals surface area contributed by atoms with E-state index in [2.05, 4.69) is 30.4 Å². The van der Waals surface area contributed by atoms with E-state index in [4.69, 9.17) is 5.21 Å². The van der Waals surface area contributed by atoms with Crippen LogP contribution in [0.2, 0.25) is 0 Å². The van der Waals surface area contributed by atoms with Gasteiger partial charge in [-0.1, -0.05) is 54.1 Å². The molecule has 0 aliphatic rings. The normalized spacial score (nSPS) is 11.7. The molecule has 0 spiro atoms. The summed E-state index contributed by atoms with van der Waals surface area (Å²) in [6.45, 7) is 3.98. The van der Waals surface area contributed by atoms with E-state index in [1.807, 2.05) is 37.3 Å². The fourth-order valence-corrected chi connectivity index (χ4v) is 3.58. The van der Waals surface area contributed by atoms with Crippen LogP contribution < -0.4 is 10.8 Å². The van der Waals surface area contributed by atoms with Crippen LogP contribution in [0.5, 0.6) is 0 Å². The minimum Gasteiger partial charge on any atom is -0.345 e. The lowest BCUT2D eigenvalue weighted by Crippen LogP contribution is -2.25. The maximum absolute atomic E-state index is 12.4. The predicted molar refractivity (Wildman–Crippen MR) is 106 cm³/mol. The smallest absolute Gasteiger partial charge is 0.284 e. The minimum absolute atomic E-state index is 0.179. The van der Waals surface area contributed by atoms with Gasteiger partial charge in [-0.15, -0.1) is 11.3 Å². The molecule has 1 aromatic heterocycles. The van der Waals surface area contributed by atoms with Crippen LogP contribution in [0.1, 0.15) is 43.4 Å². The van der Waals surface area contributed by atoms with Crippen molar-refractivity contribution >= 4 is 23.2 Å². The maximum atomic E-state index is 12.4. The Morgan fingerprint density at radius 3 is 2.22 bits per heavy atom. The molecule has 0 unspecified atom stereocenters. The van der Waals surface area contributed by atoms with Crippen molar-refractivity contribution in [2.45, 2.75) is 19.9 Å². The van der Waals surface area contributed by atoms with Crippen molar-refractivity contribution in [3.05, 3.63) is 81.5 Å². The van der Waals surface area contributed by atoms with Crippen LogP contribution >= 0.6 is 11.3 Å². The Morgan fingerprint density at radius 1 is 0.926 bits per heavy atom. The van der Waals surface area contributed by atoms with E-state index < -0.39 is 5.91 Å². The third-order valence-corrected chi connectivity index (χ3v) is 5.35. The van der Waals surface area contributed by atoms with Gasteiger partial charge in [-0.05, 0) is 42.7 Å². The molecule has 2 aromatic carbocycles. The molecule has 0 aliphatic heterocycles. The number of hydroxylamine groups is 1. The van der Waals surface area contributed by atoms with Crippen molar-refractivity contribution in [2.75, 3.05) is 0 Å². The molecule has 6 heteroatoms. The summed E-state index contributed by atoms with van der Waals surface area (Å²) in [5, 5.41) is 11.6. The fourth-order valence-electron chi connectivity index (χ4n) is 2.78. The van der Waals surface area contributed by atoms with Gasteiger partial charge < -0.3 is 5.32 Å². The molecule has 1 heterocycles. The van der Waals surface area contributed by atoms with Gasteiger partial charge >= 0.3 is 0 Å². The number of rotatable bonds is 5. The van der Waals surface area contributed by atoms with E-state index in [1.165, 1.54) is 11.6 Å². The maximum Gasteiger partial charge on any atom is 0.284 e. The molecule has 5 nitrogen and oxygen atoms in total. The van der Waals surface area contributed by atoms with Gasteiger partial charge in [0, 0.05) is 0 Å². The van der Waals surface area contributed by atoms with E-state index in [0.29, 0.717) is 4.88 Å². The average molecular weight is 380 g/mol. The summed E-state index contributed by atoms with van der Waals surface area (Å²) in [6, 6.07) is 19.3. The Morgan fingerprint density at radius 2 is 1.59 bits per heavy atom. The van der Waals surface area contributed by atoms with E-state index in [0.717, 1.165) is 28.0 Å². The molecule has 0 saturated heterocycles. The molecule has 3 aromatic rings. The monoisotopic (exact) mass is 380 g/mol. The van der Waals surface area contributed by atoms with Gasteiger partial charge in [-0.2, -0.15) is 0 Å². The summed E-state index contributed by atoms with van der Waals surface area (Å²) >= 11 is 1.03. The van der Waals surface area contributed by atoms with E-state index in [-0.39, 0.29) is 16.8 Å². The molecule has 0 fully saturated rings. The van der Waals surface area contributed by atoms with Crippen molar-refractivity contribution in [3.63, 3.8) is 0 Å². The largest absolute Gasteiger partial charge is 0.345 e. The molecular weight excluding hydrogens is 360 g/mol. The van der Waals surface area contributed by atoms with Gasteiger partial charge in [0.05, 0.1) is 15.8 Å². The first kappa shape index (κ1) is 18.8. The van der Waals surface area contributed by atoms with Gasteiger partial charge in [0.25, 0.3) is 11.8 Å². The Labute approximate surface area is 161 Å². The zero-order chi connectivity index (χ0) is 19.4. The Kier molecular flexibility index (Phi) is 5.69. The van der Waals surface area contributed by atoms with Crippen LogP contribution in [0.25, 0.3) is 11.1 Å². The molecule has 0 radical (unpaired) electrons. The second-order valence-corrected chi connectivity index (χ2v) is 7.38. The van der Waals surface area contributed by atoms with Crippen molar-refractivity contribution in [3.8, 4) is 11.1 Å². The fraction of sp³-hybridized carbons (Fsp3) is 0.143. The SMILES string of the molecule is Cc1cccc(-c2ccc([C@@H](C)NC(=O)c3ccc(C(=O)NO)s3)cc2)c1. The van der Waals surface area contributed by atoms with Crippen molar-refractivity contribution in [1.29, 1.82) is 0 Å². The van der Waals surface area contributed by atoms with Crippen LogP contribution in [0, 0.1) is 6.92 Å². The zero-order valence-corrected chi connectivity index (χ0v) is 15.8. The first-order chi connectivity index (χ1) is 13.0. The Balaban J connectivity index is 1.69. The number of hydrogen-bond donors (Lipinski definition) is 3. The third-order valence-electron chi connectivity index (χ3n) is 4.26. The van der Waals surface area contributed by atoms with Crippen LogP contribution in [-0.4, -0.2) is 17.0 Å². The lowest BCUT2D eigenvalue weighted by molar-refractivity contribution is 0.0711. The molecule has 0 saturated carbocycles. The number of carbonyl (C=O) groups excluding carboxylic acids is 2. The molecule has 3 N–H and O–H groups in total. The molecule has 1 atom stereocenters. The highest BCUT2D eigenvalue weighted by molar-refractivity contribution is 7.15. The Hall–Kier alpha value is -2.96. The number of carbonyl (C=O) groups is 2. The van der Waals surface area contributed by atoms with Crippen LogP contribution in [-0.2, 0) is 0 Å². The van der Waals surface area contributed by atoms with Crippen LogP contribution in [0.4, 0.5) is 0 Å². The van der Waals surface area contributed by atoms with E-state index >= 15 is 0 Å². The van der Waals surface area contributed by atoms with Crippen molar-refractivity contribution in [1.82, 2.24) is 10.8 Å². The second-order valence-electron chi connectivity index (χ2n) is 6.29. The summed E-state index contributed by atoms with van der Waals surface area (Å²) in [5.74, 6) is -0.883. The summed E-state index contributed by atoms with van der Waals surface area (Å²) in [5.41, 5.74) is 6.05. The molecule has 27 heavy (non-hydrogen) atoms. The van der Waals surface area contributed by atoms with Crippen molar-refractivity contribution in [2.24, 2.45) is 0 Å². The predicted octanol–water partition coefficient (Wildman–Crippen LogP) is 4.33. The first-order valence-corrected chi connectivity index (χ1v) is 9.31. The molecular formula is C21H20N2O3S. The topological polar surface area (TPSA) is 78.4 Å². The lowest BCUT2D eigenvalue weighted by atomic mass is 10.00. The summed E-state index contributed by atoms with van der Waals surface area (Å²) in [6.07, 6.45) is 0. The number of hydrogen-bond acceptors (Lipinski definition) is 4. The zero-order valence-electron chi connectivity index (χ0n) is 15.0. The van der Waals surface area contributed by atoms with Gasteiger partial charge in [-0.25, -0.2) is 5.48 Å². The molecule has 3 rings (SSSR count). The van der Waals surface area contributed by atoms with Gasteiger partial charge in [0.1, 0.15) is 0 Å². The average Bonchev–Trinajstić information content (AvgIpc) is 3.18. The van der Waals surface area contributed by atoms with Gasteiger partial charge in [0.15, 0.2) is 0 Å². The highest BCUT2D eigenvalue weighted by Gasteiger charge is 2.16. The first-order valence-electron chi connectivity index (χ1n) is 8.50.